The molecule has 0 saturated carbocycles. The number of benzene rings is 2. The number of rotatable bonds is 5. The van der Waals surface area contributed by atoms with Crippen molar-refractivity contribution >= 4 is 63.2 Å². The van der Waals surface area contributed by atoms with Gasteiger partial charge in [-0.25, -0.2) is 17.8 Å². The third-order valence-corrected chi connectivity index (χ3v) is 5.79. The summed E-state index contributed by atoms with van der Waals surface area (Å²) >= 11 is 17.4. The average Bonchev–Trinajstić information content (AvgIpc) is 2.63. The maximum absolute atomic E-state index is 13.3. The first-order chi connectivity index (χ1) is 13.4. The predicted octanol–water partition coefficient (Wildman–Crippen LogP) is 5.57. The Hall–Kier alpha value is -1.88. The minimum Gasteiger partial charge on any atom is -0.306 e. The molecule has 29 heavy (non-hydrogen) atoms. The maximum Gasteiger partial charge on any atom is 0.384 e. The molecule has 2 aromatic rings. The predicted molar refractivity (Wildman–Crippen MR) is 102 cm³/mol. The van der Waals surface area contributed by atoms with Gasteiger partial charge in [0.2, 0.25) is 0 Å². The van der Waals surface area contributed by atoms with Crippen molar-refractivity contribution in [3.8, 4) is 0 Å². The number of hydrogen-bond donors (Lipinski definition) is 2. The summed E-state index contributed by atoms with van der Waals surface area (Å²) in [4.78, 5) is 23.1. The number of halogens is 7. The van der Waals surface area contributed by atoms with E-state index in [9.17, 15) is 31.4 Å². The van der Waals surface area contributed by atoms with E-state index < -0.39 is 49.4 Å². The van der Waals surface area contributed by atoms with Crippen molar-refractivity contribution in [2.75, 3.05) is 5.32 Å². The van der Waals surface area contributed by atoms with Crippen molar-refractivity contribution in [1.29, 1.82) is 0 Å². The highest BCUT2D eigenvalue weighted by molar-refractivity contribution is 7.86. The SMILES string of the molecule is O=C(NC(=O)c1ccccc1Cl)Nc1cc(Cl)c(S(=O)C(F)(F)C(F)F)cc1Cl. The van der Waals surface area contributed by atoms with Crippen LogP contribution in [-0.4, -0.2) is 27.8 Å². The number of alkyl halides is 4. The molecule has 0 aliphatic rings. The molecule has 5 nitrogen and oxygen atoms in total. The van der Waals surface area contributed by atoms with Crippen LogP contribution in [0.5, 0.6) is 0 Å². The van der Waals surface area contributed by atoms with E-state index in [4.69, 9.17) is 34.8 Å². The summed E-state index contributed by atoms with van der Waals surface area (Å²) < 4.78 is 63.1. The number of anilines is 1. The zero-order valence-electron chi connectivity index (χ0n) is 13.8. The van der Waals surface area contributed by atoms with Gasteiger partial charge in [-0.15, -0.1) is 0 Å². The molecule has 0 heterocycles. The Morgan fingerprint density at radius 1 is 1.00 bits per heavy atom. The highest BCUT2D eigenvalue weighted by atomic mass is 35.5. The Labute approximate surface area is 178 Å². The quantitative estimate of drug-likeness (QED) is 0.537. The molecule has 2 aromatic carbocycles. The highest BCUT2D eigenvalue weighted by Crippen LogP contribution is 2.38. The number of carbonyl (C=O) groups excluding carboxylic acids is 2. The molecule has 3 amide bonds. The molecular weight excluding hydrogens is 483 g/mol. The Morgan fingerprint density at radius 3 is 2.21 bits per heavy atom. The fraction of sp³-hybridized carbons (Fsp3) is 0.125. The van der Waals surface area contributed by atoms with Crippen molar-refractivity contribution in [3.05, 3.63) is 57.0 Å². The monoisotopic (exact) mass is 490 g/mol. The molecule has 0 radical (unpaired) electrons. The molecule has 156 valence electrons. The zero-order valence-corrected chi connectivity index (χ0v) is 16.9. The van der Waals surface area contributed by atoms with E-state index in [-0.39, 0.29) is 16.3 Å². The third-order valence-electron chi connectivity index (χ3n) is 3.32. The van der Waals surface area contributed by atoms with Crippen molar-refractivity contribution < 1.29 is 31.4 Å². The molecule has 1 atom stereocenters. The summed E-state index contributed by atoms with van der Waals surface area (Å²) in [6, 6.07) is 6.30. The molecule has 0 fully saturated rings. The summed E-state index contributed by atoms with van der Waals surface area (Å²) in [5.74, 6) is -0.843. The van der Waals surface area contributed by atoms with Gasteiger partial charge in [-0.1, -0.05) is 46.9 Å². The van der Waals surface area contributed by atoms with Crippen molar-refractivity contribution in [2.24, 2.45) is 0 Å². The highest BCUT2D eigenvalue weighted by Gasteiger charge is 2.48. The van der Waals surface area contributed by atoms with Gasteiger partial charge in [0.05, 0.1) is 31.2 Å². The first kappa shape index (κ1) is 23.4. The lowest BCUT2D eigenvalue weighted by Gasteiger charge is -2.17. The lowest BCUT2D eigenvalue weighted by Crippen LogP contribution is -2.34. The smallest absolute Gasteiger partial charge is 0.306 e. The van der Waals surface area contributed by atoms with Crippen LogP contribution in [0.2, 0.25) is 15.1 Å². The Balaban J connectivity index is 2.19. The van der Waals surface area contributed by atoms with Crippen LogP contribution in [0.25, 0.3) is 0 Å². The molecular formula is C16H9Cl3F4N2O3S. The molecule has 0 aliphatic carbocycles. The largest absolute Gasteiger partial charge is 0.384 e. The molecule has 0 spiro atoms. The topological polar surface area (TPSA) is 75.3 Å². The standard InChI is InChI=1S/C16H9Cl3F4N2O3S/c17-8-4-2-1-3-7(8)13(26)25-15(27)24-11-5-10(19)12(6-9(11)18)29(28)16(22,23)14(20)21/h1-6,14H,(H2,24,25,26,27). The van der Waals surface area contributed by atoms with E-state index in [1.807, 2.05) is 5.32 Å². The van der Waals surface area contributed by atoms with Gasteiger partial charge < -0.3 is 5.32 Å². The van der Waals surface area contributed by atoms with E-state index in [0.29, 0.717) is 6.07 Å². The van der Waals surface area contributed by atoms with Crippen molar-refractivity contribution in [3.63, 3.8) is 0 Å². The minimum atomic E-state index is -4.86. The molecule has 13 heteroatoms. The number of urea groups is 1. The van der Waals surface area contributed by atoms with E-state index in [0.717, 1.165) is 6.07 Å². The van der Waals surface area contributed by atoms with Crippen LogP contribution >= 0.6 is 34.8 Å². The lowest BCUT2D eigenvalue weighted by atomic mass is 10.2. The van der Waals surface area contributed by atoms with Crippen LogP contribution in [0.15, 0.2) is 41.3 Å². The normalized spacial score (nSPS) is 12.6. The van der Waals surface area contributed by atoms with Gasteiger partial charge in [-0.2, -0.15) is 8.78 Å². The van der Waals surface area contributed by atoms with Crippen molar-refractivity contribution in [1.82, 2.24) is 5.32 Å². The van der Waals surface area contributed by atoms with Crippen LogP contribution in [0.3, 0.4) is 0 Å². The van der Waals surface area contributed by atoms with Gasteiger partial charge in [-0.05, 0) is 24.3 Å². The molecule has 0 aliphatic heterocycles. The Kier molecular flexibility index (Phi) is 7.50. The first-order valence-electron chi connectivity index (χ1n) is 7.39. The minimum absolute atomic E-state index is 0.00780. The summed E-state index contributed by atoms with van der Waals surface area (Å²) in [5, 5.41) is -1.72. The van der Waals surface area contributed by atoms with Crippen LogP contribution in [0, 0.1) is 0 Å². The van der Waals surface area contributed by atoms with E-state index in [2.05, 4.69) is 5.32 Å². The summed E-state index contributed by atoms with van der Waals surface area (Å²) in [7, 11) is -3.50. The number of imide groups is 1. The summed E-state index contributed by atoms with van der Waals surface area (Å²) in [6.07, 6.45) is -4.20. The van der Waals surface area contributed by atoms with Crippen LogP contribution < -0.4 is 10.6 Å². The van der Waals surface area contributed by atoms with Crippen molar-refractivity contribution in [2.45, 2.75) is 16.6 Å². The van der Waals surface area contributed by atoms with Gasteiger partial charge in [0.25, 0.3) is 5.91 Å². The first-order valence-corrected chi connectivity index (χ1v) is 9.67. The second kappa shape index (κ2) is 9.29. The van der Waals surface area contributed by atoms with Gasteiger partial charge in [0.1, 0.15) is 10.8 Å². The number of amides is 3. The molecule has 2 rings (SSSR count). The maximum atomic E-state index is 13.3. The van der Waals surface area contributed by atoms with E-state index in [1.54, 1.807) is 6.07 Å². The van der Waals surface area contributed by atoms with Gasteiger partial charge >= 0.3 is 17.7 Å². The Morgan fingerprint density at radius 2 is 1.62 bits per heavy atom. The summed E-state index contributed by atoms with van der Waals surface area (Å²) in [6.45, 7) is 0. The van der Waals surface area contributed by atoms with Crippen LogP contribution in [0.1, 0.15) is 10.4 Å². The number of nitrogens with one attached hydrogen (secondary N) is 2. The lowest BCUT2D eigenvalue weighted by molar-refractivity contribution is -0.0602. The van der Waals surface area contributed by atoms with E-state index in [1.165, 1.54) is 18.2 Å². The second-order valence-electron chi connectivity index (χ2n) is 5.28. The van der Waals surface area contributed by atoms with Crippen LogP contribution in [-0.2, 0) is 10.8 Å². The fourth-order valence-corrected chi connectivity index (χ4v) is 3.75. The third kappa shape index (κ3) is 5.39. The van der Waals surface area contributed by atoms with E-state index >= 15 is 0 Å². The second-order valence-corrected chi connectivity index (χ2v) is 8.02. The number of hydrogen-bond acceptors (Lipinski definition) is 3. The molecule has 2 N–H and O–H groups in total. The van der Waals surface area contributed by atoms with Gasteiger partial charge in [0.15, 0.2) is 0 Å². The molecule has 1 unspecified atom stereocenters. The molecule has 0 saturated heterocycles. The van der Waals surface area contributed by atoms with Crippen LogP contribution in [0.4, 0.5) is 28.0 Å². The van der Waals surface area contributed by atoms with Gasteiger partial charge in [0, 0.05) is 0 Å². The number of carbonyl (C=O) groups is 2. The fourth-order valence-electron chi connectivity index (χ4n) is 1.96. The zero-order chi connectivity index (χ0) is 21.9. The molecule has 0 aromatic heterocycles. The Bertz CT molecular complexity index is 992. The summed E-state index contributed by atoms with van der Waals surface area (Å²) in [5.41, 5.74) is -0.240. The average molecular weight is 492 g/mol. The molecule has 0 bridgehead atoms. The van der Waals surface area contributed by atoms with Gasteiger partial charge in [-0.3, -0.25) is 10.1 Å².